The van der Waals surface area contributed by atoms with E-state index in [-0.39, 0.29) is 29.6 Å². The van der Waals surface area contributed by atoms with Crippen LogP contribution in [0.5, 0.6) is 5.75 Å². The molecule has 214 valence electrons. The van der Waals surface area contributed by atoms with Gasteiger partial charge in [0, 0.05) is 79.4 Å². The molecule has 0 atom stereocenters. The van der Waals surface area contributed by atoms with Gasteiger partial charge in [0.1, 0.15) is 11.6 Å². The fourth-order valence-electron chi connectivity index (χ4n) is 5.25. The number of nitrogen functional groups attached to an aromatic ring is 1. The fraction of sp³-hybridized carbons (Fsp3) is 0.407. The summed E-state index contributed by atoms with van der Waals surface area (Å²) in [5, 5.41) is 10.1. The first-order valence-electron chi connectivity index (χ1n) is 13.0. The molecule has 4 N–H and O–H groups in total. The lowest BCUT2D eigenvalue weighted by molar-refractivity contribution is 0.102. The third kappa shape index (κ3) is 5.23. The molecule has 0 bridgehead atoms. The van der Waals surface area contributed by atoms with E-state index in [4.69, 9.17) is 10.5 Å². The van der Waals surface area contributed by atoms with Gasteiger partial charge in [-0.15, -0.1) is 0 Å². The number of carbonyl (C=O) groups excluding carboxylic acids is 1. The Hall–Kier alpha value is -3.68. The second kappa shape index (κ2) is 10.4. The number of carbonyl (C=O) groups is 1. The summed E-state index contributed by atoms with van der Waals surface area (Å²) in [6.07, 6.45) is 0. The average Bonchev–Trinajstić information content (AvgIpc) is 3.31. The molecule has 0 aliphatic carbocycles. The Morgan fingerprint density at radius 1 is 1.15 bits per heavy atom. The number of benzene rings is 2. The van der Waals surface area contributed by atoms with Crippen LogP contribution in [0.4, 0.5) is 21.6 Å². The standard InChI is InChI=1S/C27H34FN7O4S/c1-27(2)16-35(40(37,38)20-12-17(28)11-19(14-20)39-4)15-22-24(27)31-32-25(22)30-26(36)21-6-5-18(13-23(21)29)34-9-7-33(3)8-10-34/h5-6,11-14H,7-10,15-16,29H2,1-4H3,(H2,30,31,32,36). The fourth-order valence-corrected chi connectivity index (χ4v) is 6.87. The van der Waals surface area contributed by atoms with Gasteiger partial charge in [-0.2, -0.15) is 9.40 Å². The minimum Gasteiger partial charge on any atom is -0.497 e. The highest BCUT2D eigenvalue weighted by molar-refractivity contribution is 7.89. The molecule has 1 amide bonds. The Bertz CT molecular complexity index is 1550. The van der Waals surface area contributed by atoms with Gasteiger partial charge in [0.05, 0.1) is 17.6 Å². The third-order valence-electron chi connectivity index (χ3n) is 7.55. The lowest BCUT2D eigenvalue weighted by atomic mass is 9.84. The van der Waals surface area contributed by atoms with E-state index in [1.807, 2.05) is 19.9 Å². The van der Waals surface area contributed by atoms with Crippen molar-refractivity contribution < 1.29 is 22.3 Å². The van der Waals surface area contributed by atoms with Crippen LogP contribution in [0, 0.1) is 5.82 Å². The summed E-state index contributed by atoms with van der Waals surface area (Å²) in [7, 11) is -0.674. The number of H-pyrrole nitrogens is 1. The predicted octanol–water partition coefficient (Wildman–Crippen LogP) is 2.63. The Labute approximate surface area is 233 Å². The molecule has 3 aromatic rings. The van der Waals surface area contributed by atoms with E-state index in [0.29, 0.717) is 22.5 Å². The first-order valence-corrected chi connectivity index (χ1v) is 14.4. The minimum atomic E-state index is -4.10. The summed E-state index contributed by atoms with van der Waals surface area (Å²) < 4.78 is 47.6. The highest BCUT2D eigenvalue weighted by Gasteiger charge is 2.41. The number of methoxy groups -OCH3 is 1. The molecule has 3 heterocycles. The minimum absolute atomic E-state index is 0.0656. The lowest BCUT2D eigenvalue weighted by Crippen LogP contribution is -2.45. The molecule has 2 aliphatic rings. The number of aromatic amines is 1. The molecule has 40 heavy (non-hydrogen) atoms. The number of anilines is 3. The lowest BCUT2D eigenvalue weighted by Gasteiger charge is -2.37. The molecule has 2 aliphatic heterocycles. The summed E-state index contributed by atoms with van der Waals surface area (Å²) in [6, 6.07) is 8.73. The summed E-state index contributed by atoms with van der Waals surface area (Å²) in [6.45, 7) is 7.44. The van der Waals surface area contributed by atoms with Crippen molar-refractivity contribution in [3.63, 3.8) is 0 Å². The van der Waals surface area contributed by atoms with E-state index >= 15 is 0 Å². The number of aromatic nitrogens is 2. The zero-order chi connectivity index (χ0) is 28.8. The number of rotatable bonds is 6. The van der Waals surface area contributed by atoms with Crippen molar-refractivity contribution in [1.82, 2.24) is 19.4 Å². The molecule has 0 unspecified atom stereocenters. The topological polar surface area (TPSA) is 137 Å². The number of hydrogen-bond donors (Lipinski definition) is 3. The monoisotopic (exact) mass is 571 g/mol. The number of halogens is 1. The van der Waals surface area contributed by atoms with Gasteiger partial charge in [-0.25, -0.2) is 12.8 Å². The predicted molar refractivity (Wildman–Crippen MR) is 151 cm³/mol. The van der Waals surface area contributed by atoms with Crippen molar-refractivity contribution >= 4 is 33.1 Å². The quantitative estimate of drug-likeness (QED) is 0.384. The van der Waals surface area contributed by atoms with E-state index in [1.54, 1.807) is 12.1 Å². The molecule has 1 saturated heterocycles. The molecule has 0 saturated carbocycles. The maximum atomic E-state index is 14.2. The van der Waals surface area contributed by atoms with Crippen molar-refractivity contribution in [1.29, 1.82) is 0 Å². The van der Waals surface area contributed by atoms with Crippen LogP contribution < -0.4 is 20.7 Å². The van der Waals surface area contributed by atoms with Crippen LogP contribution in [0.15, 0.2) is 41.3 Å². The van der Waals surface area contributed by atoms with Gasteiger partial charge in [0.25, 0.3) is 5.91 Å². The van der Waals surface area contributed by atoms with Crippen LogP contribution in [-0.4, -0.2) is 80.6 Å². The van der Waals surface area contributed by atoms with Gasteiger partial charge in [-0.3, -0.25) is 9.89 Å². The number of fused-ring (bicyclic) bond motifs is 1. The first kappa shape index (κ1) is 27.9. The number of amides is 1. The number of nitrogens with two attached hydrogens (primary N) is 1. The molecule has 11 nitrogen and oxygen atoms in total. The normalized spacial score (nSPS) is 17.9. The van der Waals surface area contributed by atoms with Gasteiger partial charge in [0.15, 0.2) is 5.82 Å². The van der Waals surface area contributed by atoms with Crippen molar-refractivity contribution in [3.8, 4) is 5.75 Å². The third-order valence-corrected chi connectivity index (χ3v) is 9.32. The van der Waals surface area contributed by atoms with Gasteiger partial charge >= 0.3 is 0 Å². The number of piperazine rings is 1. The molecule has 2 aromatic carbocycles. The first-order chi connectivity index (χ1) is 18.9. The highest BCUT2D eigenvalue weighted by atomic mass is 32.2. The van der Waals surface area contributed by atoms with Crippen LogP contribution in [-0.2, 0) is 22.0 Å². The second-order valence-electron chi connectivity index (χ2n) is 10.9. The Morgan fingerprint density at radius 3 is 2.55 bits per heavy atom. The Morgan fingerprint density at radius 2 is 1.88 bits per heavy atom. The average molecular weight is 572 g/mol. The Kier molecular flexibility index (Phi) is 7.23. The maximum Gasteiger partial charge on any atom is 0.258 e. The zero-order valence-corrected chi connectivity index (χ0v) is 23.8. The number of nitrogens with one attached hydrogen (secondary N) is 2. The number of sulfonamides is 1. The van der Waals surface area contributed by atoms with Crippen LogP contribution in [0.3, 0.4) is 0 Å². The second-order valence-corrected chi connectivity index (χ2v) is 12.9. The molecule has 13 heteroatoms. The van der Waals surface area contributed by atoms with Gasteiger partial charge < -0.3 is 25.6 Å². The smallest absolute Gasteiger partial charge is 0.258 e. The van der Waals surface area contributed by atoms with Crippen LogP contribution in [0.1, 0.15) is 35.5 Å². The molecule has 5 rings (SSSR count). The van der Waals surface area contributed by atoms with Crippen LogP contribution in [0.25, 0.3) is 0 Å². The van der Waals surface area contributed by atoms with E-state index in [1.165, 1.54) is 17.5 Å². The highest BCUT2D eigenvalue weighted by Crippen LogP contribution is 2.38. The van der Waals surface area contributed by atoms with E-state index in [0.717, 1.165) is 44.0 Å². The summed E-state index contributed by atoms with van der Waals surface area (Å²) in [5.41, 5.74) is 8.45. The number of likely N-dealkylation sites (N-methyl/N-ethyl adjacent to an activating group) is 1. The van der Waals surface area contributed by atoms with E-state index in [9.17, 15) is 17.6 Å². The van der Waals surface area contributed by atoms with Crippen molar-refractivity contribution in [2.24, 2.45) is 0 Å². The SMILES string of the molecule is COc1cc(F)cc(S(=O)(=O)N2Cc3c(NC(=O)c4ccc(N5CCN(C)CC5)cc4N)n[nH]c3C(C)(C)C2)c1. The summed E-state index contributed by atoms with van der Waals surface area (Å²) >= 11 is 0. The van der Waals surface area contributed by atoms with Crippen LogP contribution >= 0.6 is 0 Å². The van der Waals surface area contributed by atoms with Crippen molar-refractivity contribution in [3.05, 3.63) is 59.0 Å². The summed E-state index contributed by atoms with van der Waals surface area (Å²) in [5.74, 6) is -0.859. The number of hydrogen-bond acceptors (Lipinski definition) is 8. The molecular weight excluding hydrogens is 537 g/mol. The molecule has 0 radical (unpaired) electrons. The molecule has 1 fully saturated rings. The molecule has 0 spiro atoms. The van der Waals surface area contributed by atoms with Gasteiger partial charge in [-0.05, 0) is 31.3 Å². The largest absolute Gasteiger partial charge is 0.497 e. The van der Waals surface area contributed by atoms with Gasteiger partial charge in [0.2, 0.25) is 10.0 Å². The molecular formula is C27H34FN7O4S. The Balaban J connectivity index is 1.39. The number of ether oxygens (including phenoxy) is 1. The zero-order valence-electron chi connectivity index (χ0n) is 23.0. The van der Waals surface area contributed by atoms with Gasteiger partial charge in [-0.1, -0.05) is 13.8 Å². The summed E-state index contributed by atoms with van der Waals surface area (Å²) in [4.78, 5) is 17.5. The molecule has 1 aromatic heterocycles. The number of nitrogens with zero attached hydrogens (tertiary/aromatic N) is 4. The maximum absolute atomic E-state index is 14.2. The van der Waals surface area contributed by atoms with Crippen molar-refractivity contribution in [2.45, 2.75) is 30.7 Å². The van der Waals surface area contributed by atoms with Crippen LogP contribution in [0.2, 0.25) is 0 Å². The van der Waals surface area contributed by atoms with E-state index < -0.39 is 27.2 Å². The van der Waals surface area contributed by atoms with Crippen molar-refractivity contribution in [2.75, 3.05) is 62.8 Å². The van der Waals surface area contributed by atoms with E-state index in [2.05, 4.69) is 32.4 Å².